The first-order chi connectivity index (χ1) is 14.1. The topological polar surface area (TPSA) is 68.6 Å². The van der Waals surface area contributed by atoms with Crippen LogP contribution in [0.1, 0.15) is 41.6 Å². The summed E-state index contributed by atoms with van der Waals surface area (Å²) in [6, 6.07) is 14.6. The highest BCUT2D eigenvalue weighted by Gasteiger charge is 2.32. The van der Waals surface area contributed by atoms with Gasteiger partial charge in [-0.15, -0.1) is 0 Å². The van der Waals surface area contributed by atoms with E-state index in [0.717, 1.165) is 6.42 Å². The second-order valence-electron chi connectivity index (χ2n) is 6.60. The molecule has 0 heterocycles. The molecule has 0 fully saturated rings. The number of hydrogen-bond acceptors (Lipinski definition) is 5. The zero-order valence-electron chi connectivity index (χ0n) is 17.2. The van der Waals surface area contributed by atoms with Crippen molar-refractivity contribution in [2.45, 2.75) is 25.7 Å². The summed E-state index contributed by atoms with van der Waals surface area (Å²) in [6.45, 7) is 6.03. The SMILES string of the molecule is C=CCOc1ccc(C(=O)C(CCC)C(C#N)c2ccc(OC)cc2OC)cc1. The highest BCUT2D eigenvalue weighted by atomic mass is 16.5. The Morgan fingerprint density at radius 3 is 2.38 bits per heavy atom. The number of carbonyl (C=O) groups excluding carboxylic acids is 1. The Morgan fingerprint density at radius 1 is 1.14 bits per heavy atom. The van der Waals surface area contributed by atoms with Crippen LogP contribution in [0.4, 0.5) is 0 Å². The molecule has 2 unspecified atom stereocenters. The lowest BCUT2D eigenvalue weighted by molar-refractivity contribution is 0.0902. The molecule has 2 aromatic carbocycles. The van der Waals surface area contributed by atoms with Gasteiger partial charge >= 0.3 is 0 Å². The first kappa shape index (κ1) is 22.0. The maximum atomic E-state index is 13.3. The van der Waals surface area contributed by atoms with Crippen LogP contribution in [0.25, 0.3) is 0 Å². The summed E-state index contributed by atoms with van der Waals surface area (Å²) in [6.07, 6.45) is 3.05. The van der Waals surface area contributed by atoms with Gasteiger partial charge in [0, 0.05) is 23.1 Å². The molecule has 152 valence electrons. The fraction of sp³-hybridized carbons (Fsp3) is 0.333. The van der Waals surface area contributed by atoms with Crippen molar-refractivity contribution in [3.05, 3.63) is 66.2 Å². The van der Waals surface area contributed by atoms with Crippen LogP contribution < -0.4 is 14.2 Å². The third kappa shape index (κ3) is 5.39. The van der Waals surface area contributed by atoms with Gasteiger partial charge in [-0.2, -0.15) is 5.26 Å². The molecule has 0 aromatic heterocycles. The summed E-state index contributed by atoms with van der Waals surface area (Å²) in [5.41, 5.74) is 1.25. The molecule has 5 heteroatoms. The van der Waals surface area contributed by atoms with Gasteiger partial charge in [-0.3, -0.25) is 4.79 Å². The van der Waals surface area contributed by atoms with Gasteiger partial charge in [0.05, 0.1) is 26.2 Å². The Morgan fingerprint density at radius 2 is 1.83 bits per heavy atom. The predicted octanol–water partition coefficient (Wildman–Crippen LogP) is 5.17. The van der Waals surface area contributed by atoms with Crippen molar-refractivity contribution in [3.63, 3.8) is 0 Å². The summed E-state index contributed by atoms with van der Waals surface area (Å²) in [5.74, 6) is 0.676. The van der Waals surface area contributed by atoms with Gasteiger partial charge in [0.25, 0.3) is 0 Å². The van der Waals surface area contributed by atoms with Crippen LogP contribution in [-0.4, -0.2) is 26.6 Å². The third-order valence-corrected chi connectivity index (χ3v) is 4.76. The number of hydrogen-bond donors (Lipinski definition) is 0. The van der Waals surface area contributed by atoms with Crippen LogP contribution in [0.5, 0.6) is 17.2 Å². The van der Waals surface area contributed by atoms with E-state index in [-0.39, 0.29) is 5.78 Å². The van der Waals surface area contributed by atoms with Gasteiger partial charge in [0.1, 0.15) is 23.9 Å². The Bertz CT molecular complexity index is 867. The van der Waals surface area contributed by atoms with E-state index < -0.39 is 11.8 Å². The molecule has 2 atom stereocenters. The molecule has 2 rings (SSSR count). The van der Waals surface area contributed by atoms with E-state index >= 15 is 0 Å². The van der Waals surface area contributed by atoms with Crippen molar-refractivity contribution in [1.29, 1.82) is 5.26 Å². The van der Waals surface area contributed by atoms with Gasteiger partial charge in [0.2, 0.25) is 0 Å². The molecule has 0 bridgehead atoms. The Labute approximate surface area is 172 Å². The van der Waals surface area contributed by atoms with E-state index in [9.17, 15) is 10.1 Å². The average Bonchev–Trinajstić information content (AvgIpc) is 2.77. The number of carbonyl (C=O) groups is 1. The van der Waals surface area contributed by atoms with Crippen LogP contribution in [0, 0.1) is 17.2 Å². The summed E-state index contributed by atoms with van der Waals surface area (Å²) in [4.78, 5) is 13.3. The van der Waals surface area contributed by atoms with Crippen molar-refractivity contribution >= 4 is 5.78 Å². The molecular weight excluding hydrogens is 366 g/mol. The number of nitrogens with zero attached hydrogens (tertiary/aromatic N) is 1. The lowest BCUT2D eigenvalue weighted by Gasteiger charge is -2.23. The molecule has 0 aliphatic heterocycles. The zero-order valence-corrected chi connectivity index (χ0v) is 17.2. The minimum atomic E-state index is -0.625. The molecule has 0 aliphatic carbocycles. The molecule has 0 saturated carbocycles. The third-order valence-electron chi connectivity index (χ3n) is 4.76. The first-order valence-electron chi connectivity index (χ1n) is 9.59. The maximum Gasteiger partial charge on any atom is 0.167 e. The number of nitriles is 1. The van der Waals surface area contributed by atoms with Crippen LogP contribution >= 0.6 is 0 Å². The van der Waals surface area contributed by atoms with E-state index in [1.54, 1.807) is 62.8 Å². The molecular formula is C24H27NO4. The average molecular weight is 393 g/mol. The molecule has 0 amide bonds. The predicted molar refractivity (Wildman–Crippen MR) is 113 cm³/mol. The fourth-order valence-corrected chi connectivity index (χ4v) is 3.30. The molecule has 2 aromatic rings. The number of rotatable bonds is 11. The fourth-order valence-electron chi connectivity index (χ4n) is 3.30. The van der Waals surface area contributed by atoms with Gasteiger partial charge in [-0.1, -0.05) is 32.1 Å². The van der Waals surface area contributed by atoms with Crippen molar-refractivity contribution in [3.8, 4) is 23.3 Å². The van der Waals surface area contributed by atoms with Gasteiger partial charge in [-0.05, 0) is 36.8 Å². The lowest BCUT2D eigenvalue weighted by atomic mass is 9.79. The minimum Gasteiger partial charge on any atom is -0.497 e. The number of methoxy groups -OCH3 is 2. The molecule has 0 aliphatic rings. The van der Waals surface area contributed by atoms with E-state index in [1.165, 1.54) is 0 Å². The zero-order chi connectivity index (χ0) is 21.2. The van der Waals surface area contributed by atoms with Crippen LogP contribution in [0.3, 0.4) is 0 Å². The van der Waals surface area contributed by atoms with E-state index in [4.69, 9.17) is 14.2 Å². The quantitative estimate of drug-likeness (QED) is 0.389. The van der Waals surface area contributed by atoms with Crippen molar-refractivity contribution < 1.29 is 19.0 Å². The van der Waals surface area contributed by atoms with Gasteiger partial charge in [-0.25, -0.2) is 0 Å². The number of benzene rings is 2. The smallest absolute Gasteiger partial charge is 0.167 e. The molecule has 29 heavy (non-hydrogen) atoms. The Balaban J connectivity index is 2.36. The molecule has 0 spiro atoms. The Kier molecular flexibility index (Phi) is 8.29. The number of ether oxygens (including phenoxy) is 3. The van der Waals surface area contributed by atoms with Crippen LogP contribution in [-0.2, 0) is 0 Å². The summed E-state index contributed by atoms with van der Waals surface area (Å²) >= 11 is 0. The van der Waals surface area contributed by atoms with E-state index in [1.807, 2.05) is 6.92 Å². The lowest BCUT2D eigenvalue weighted by Crippen LogP contribution is -2.22. The number of ketones is 1. The minimum absolute atomic E-state index is 0.0634. The largest absolute Gasteiger partial charge is 0.497 e. The first-order valence-corrected chi connectivity index (χ1v) is 9.59. The highest BCUT2D eigenvalue weighted by Crippen LogP contribution is 2.37. The van der Waals surface area contributed by atoms with Crippen LogP contribution in [0.15, 0.2) is 55.1 Å². The van der Waals surface area contributed by atoms with Gasteiger partial charge < -0.3 is 14.2 Å². The van der Waals surface area contributed by atoms with Crippen LogP contribution in [0.2, 0.25) is 0 Å². The monoisotopic (exact) mass is 393 g/mol. The second-order valence-corrected chi connectivity index (χ2v) is 6.60. The van der Waals surface area contributed by atoms with E-state index in [0.29, 0.717) is 41.4 Å². The summed E-state index contributed by atoms with van der Waals surface area (Å²) in [7, 11) is 3.12. The highest BCUT2D eigenvalue weighted by molar-refractivity contribution is 5.98. The summed E-state index contributed by atoms with van der Waals surface area (Å²) < 4.78 is 16.2. The van der Waals surface area contributed by atoms with Gasteiger partial charge in [0.15, 0.2) is 5.78 Å². The van der Waals surface area contributed by atoms with Crippen molar-refractivity contribution in [2.75, 3.05) is 20.8 Å². The standard InChI is InChI=1S/C24H27NO4/c1-5-7-21(24(26)17-8-10-18(11-9-17)29-14-6-2)22(16-25)20-13-12-19(27-3)15-23(20)28-4/h6,8-13,15,21-22H,2,5,7,14H2,1,3-4H3. The molecule has 0 N–H and O–H groups in total. The maximum absolute atomic E-state index is 13.3. The molecule has 5 nitrogen and oxygen atoms in total. The van der Waals surface area contributed by atoms with Crippen molar-refractivity contribution in [2.24, 2.45) is 5.92 Å². The van der Waals surface area contributed by atoms with Crippen molar-refractivity contribution in [1.82, 2.24) is 0 Å². The Hall–Kier alpha value is -3.26. The molecule has 0 radical (unpaired) electrons. The normalized spacial score (nSPS) is 12.3. The summed E-state index contributed by atoms with van der Waals surface area (Å²) in [5, 5.41) is 9.94. The number of Topliss-reactive ketones (excluding diaryl/α,β-unsaturated/α-hetero) is 1. The second kappa shape index (κ2) is 10.9. The molecule has 0 saturated heterocycles. The van der Waals surface area contributed by atoms with E-state index in [2.05, 4.69) is 12.6 Å².